The molecule has 2 aliphatic heterocycles. The maximum absolute atomic E-state index is 13.1. The Morgan fingerprint density at radius 3 is 2.20 bits per heavy atom. The van der Waals surface area contributed by atoms with Crippen LogP contribution in [-0.2, 0) is 4.74 Å². The molecule has 154 valence electrons. The van der Waals surface area contributed by atoms with Crippen LogP contribution in [0.15, 0.2) is 48.5 Å². The Bertz CT molecular complexity index is 952. The van der Waals surface area contributed by atoms with E-state index in [0.29, 0.717) is 19.4 Å². The molecule has 2 heterocycles. The van der Waals surface area contributed by atoms with Gasteiger partial charge in [0.05, 0.1) is 18.1 Å². The van der Waals surface area contributed by atoms with Crippen molar-refractivity contribution in [2.45, 2.75) is 62.1 Å². The van der Waals surface area contributed by atoms with Gasteiger partial charge < -0.3 is 14.7 Å². The largest absolute Gasteiger partial charge is 0.448 e. The Morgan fingerprint density at radius 2 is 1.63 bits per heavy atom. The number of carbonyl (C=O) groups excluding carboxylic acids is 1. The van der Waals surface area contributed by atoms with Crippen LogP contribution in [0.4, 0.5) is 4.79 Å². The van der Waals surface area contributed by atoms with Gasteiger partial charge in [-0.15, -0.1) is 0 Å². The van der Waals surface area contributed by atoms with Crippen molar-refractivity contribution in [2.75, 3.05) is 6.61 Å². The number of hydrogen-bond acceptors (Lipinski definition) is 4. The standard InChI is InChI=1S/C25H26N2O3/c26-13-12-25(29)14-17-6-5-7-18(15-25)27(17)24(28)30-16-23-21-10-3-1-8-19(21)20-9-2-4-11-22(20)23/h1-4,8-11,17-18,23,29H,5-7,12,14-16H2. The highest BCUT2D eigenvalue weighted by atomic mass is 16.6. The van der Waals surface area contributed by atoms with Crippen molar-refractivity contribution >= 4 is 6.09 Å². The zero-order valence-corrected chi connectivity index (χ0v) is 17.0. The zero-order valence-electron chi connectivity index (χ0n) is 17.0. The Kier molecular flexibility index (Phi) is 4.75. The number of carbonyl (C=O) groups is 1. The quantitative estimate of drug-likeness (QED) is 0.814. The molecule has 2 unspecified atom stereocenters. The summed E-state index contributed by atoms with van der Waals surface area (Å²) in [5.74, 6) is 0.0431. The number of nitriles is 1. The molecule has 0 radical (unpaired) electrons. The highest BCUT2D eigenvalue weighted by Gasteiger charge is 2.48. The summed E-state index contributed by atoms with van der Waals surface area (Å²) in [6, 6.07) is 18.6. The van der Waals surface area contributed by atoms with Crippen LogP contribution in [0, 0.1) is 11.3 Å². The molecule has 5 rings (SSSR count). The third-order valence-corrected chi connectivity index (χ3v) is 7.05. The van der Waals surface area contributed by atoms with E-state index in [2.05, 4.69) is 30.3 Å². The molecule has 1 amide bonds. The van der Waals surface area contributed by atoms with Crippen molar-refractivity contribution < 1.29 is 14.6 Å². The van der Waals surface area contributed by atoms with Gasteiger partial charge in [-0.2, -0.15) is 5.26 Å². The smallest absolute Gasteiger partial charge is 0.410 e. The number of fused-ring (bicyclic) bond motifs is 5. The van der Waals surface area contributed by atoms with Crippen molar-refractivity contribution in [1.82, 2.24) is 4.90 Å². The fourth-order valence-electron chi connectivity index (χ4n) is 5.78. The predicted molar refractivity (Wildman–Crippen MR) is 113 cm³/mol. The topological polar surface area (TPSA) is 73.6 Å². The fourth-order valence-corrected chi connectivity index (χ4v) is 5.78. The molecule has 2 fully saturated rings. The van der Waals surface area contributed by atoms with E-state index in [0.717, 1.165) is 19.3 Å². The number of piperidine rings is 2. The molecular formula is C25H26N2O3. The van der Waals surface area contributed by atoms with Gasteiger partial charge in [0, 0.05) is 18.0 Å². The SMILES string of the molecule is N#CCC1(O)CC2CCCC(C1)N2C(=O)OCC1c2ccccc2-c2ccccc21. The van der Waals surface area contributed by atoms with Crippen LogP contribution < -0.4 is 0 Å². The maximum atomic E-state index is 13.1. The summed E-state index contributed by atoms with van der Waals surface area (Å²) in [6.07, 6.45) is 3.51. The summed E-state index contributed by atoms with van der Waals surface area (Å²) < 4.78 is 5.88. The zero-order chi connectivity index (χ0) is 20.7. The Hall–Kier alpha value is -2.84. The first-order chi connectivity index (χ1) is 14.6. The van der Waals surface area contributed by atoms with Gasteiger partial charge in [0.15, 0.2) is 0 Å². The lowest BCUT2D eigenvalue weighted by Gasteiger charge is -2.50. The van der Waals surface area contributed by atoms with Crippen LogP contribution in [0.2, 0.25) is 0 Å². The molecule has 1 N–H and O–H groups in total. The lowest BCUT2D eigenvalue weighted by molar-refractivity contribution is -0.0818. The van der Waals surface area contributed by atoms with Crippen LogP contribution in [0.1, 0.15) is 55.6 Å². The van der Waals surface area contributed by atoms with E-state index >= 15 is 0 Å². The predicted octanol–water partition coefficient (Wildman–Crippen LogP) is 4.60. The first-order valence-corrected chi connectivity index (χ1v) is 10.8. The van der Waals surface area contributed by atoms with E-state index in [-0.39, 0.29) is 30.5 Å². The molecule has 2 aromatic carbocycles. The maximum Gasteiger partial charge on any atom is 0.410 e. The highest BCUT2D eigenvalue weighted by molar-refractivity contribution is 5.79. The number of amides is 1. The molecule has 0 spiro atoms. The second-order valence-electron chi connectivity index (χ2n) is 8.92. The number of nitrogens with zero attached hydrogens (tertiary/aromatic N) is 2. The highest BCUT2D eigenvalue weighted by Crippen LogP contribution is 2.45. The third kappa shape index (κ3) is 3.16. The van der Waals surface area contributed by atoms with E-state index in [9.17, 15) is 9.90 Å². The van der Waals surface area contributed by atoms with Crippen LogP contribution in [0.3, 0.4) is 0 Å². The van der Waals surface area contributed by atoms with Crippen molar-refractivity contribution in [1.29, 1.82) is 5.26 Å². The van der Waals surface area contributed by atoms with Crippen molar-refractivity contribution in [3.05, 3.63) is 59.7 Å². The van der Waals surface area contributed by atoms with Crippen LogP contribution in [0.25, 0.3) is 11.1 Å². The Morgan fingerprint density at radius 1 is 1.07 bits per heavy atom. The number of ether oxygens (including phenoxy) is 1. The van der Waals surface area contributed by atoms with Gasteiger partial charge in [-0.05, 0) is 54.4 Å². The van der Waals surface area contributed by atoms with E-state index in [1.165, 1.54) is 22.3 Å². The van der Waals surface area contributed by atoms with Crippen molar-refractivity contribution in [2.24, 2.45) is 0 Å². The summed E-state index contributed by atoms with van der Waals surface area (Å²) in [5.41, 5.74) is 3.85. The van der Waals surface area contributed by atoms with Gasteiger partial charge in [-0.1, -0.05) is 48.5 Å². The summed E-state index contributed by atoms with van der Waals surface area (Å²) in [6.45, 7) is 0.311. The van der Waals surface area contributed by atoms with Crippen LogP contribution in [-0.4, -0.2) is 40.4 Å². The van der Waals surface area contributed by atoms with Gasteiger partial charge in [0.25, 0.3) is 0 Å². The van der Waals surface area contributed by atoms with Gasteiger partial charge in [0.2, 0.25) is 0 Å². The van der Waals surface area contributed by atoms with Gasteiger partial charge in [0.1, 0.15) is 6.61 Å². The van der Waals surface area contributed by atoms with E-state index in [4.69, 9.17) is 10.00 Å². The minimum Gasteiger partial charge on any atom is -0.448 e. The molecule has 0 aromatic heterocycles. The van der Waals surface area contributed by atoms with E-state index < -0.39 is 5.60 Å². The number of aliphatic hydroxyl groups is 1. The molecule has 2 aromatic rings. The van der Waals surface area contributed by atoms with Crippen molar-refractivity contribution in [3.63, 3.8) is 0 Å². The molecule has 2 saturated heterocycles. The fraction of sp³-hybridized carbons (Fsp3) is 0.440. The summed E-state index contributed by atoms with van der Waals surface area (Å²) in [5, 5.41) is 19.9. The molecule has 2 bridgehead atoms. The minimum atomic E-state index is -0.982. The molecule has 2 atom stereocenters. The van der Waals surface area contributed by atoms with Gasteiger partial charge in [-0.3, -0.25) is 0 Å². The molecule has 1 aliphatic carbocycles. The van der Waals surface area contributed by atoms with Gasteiger partial charge >= 0.3 is 6.09 Å². The van der Waals surface area contributed by atoms with E-state index in [1.807, 2.05) is 29.2 Å². The Labute approximate surface area is 176 Å². The van der Waals surface area contributed by atoms with Gasteiger partial charge in [-0.25, -0.2) is 4.79 Å². The Balaban J connectivity index is 1.33. The first kappa shape index (κ1) is 19.1. The number of benzene rings is 2. The summed E-state index contributed by atoms with van der Waals surface area (Å²) >= 11 is 0. The summed E-state index contributed by atoms with van der Waals surface area (Å²) in [4.78, 5) is 15.0. The first-order valence-electron chi connectivity index (χ1n) is 10.8. The monoisotopic (exact) mass is 402 g/mol. The molecular weight excluding hydrogens is 376 g/mol. The average Bonchev–Trinajstić information content (AvgIpc) is 3.05. The normalized spacial score (nSPS) is 27.1. The number of hydrogen-bond donors (Lipinski definition) is 1. The van der Waals surface area contributed by atoms with Crippen LogP contribution in [0.5, 0.6) is 0 Å². The van der Waals surface area contributed by atoms with E-state index in [1.54, 1.807) is 0 Å². The lowest BCUT2D eigenvalue weighted by atomic mass is 9.74. The molecule has 5 nitrogen and oxygen atoms in total. The molecule has 3 aliphatic rings. The second-order valence-corrected chi connectivity index (χ2v) is 8.92. The third-order valence-electron chi connectivity index (χ3n) is 7.05. The lowest BCUT2D eigenvalue weighted by Crippen LogP contribution is -2.59. The average molecular weight is 402 g/mol. The molecule has 0 saturated carbocycles. The molecule has 5 heteroatoms. The number of rotatable bonds is 3. The minimum absolute atomic E-state index is 0.0431. The molecule has 30 heavy (non-hydrogen) atoms. The summed E-state index contributed by atoms with van der Waals surface area (Å²) in [7, 11) is 0. The second kappa shape index (κ2) is 7.45. The van der Waals surface area contributed by atoms with Crippen molar-refractivity contribution in [3.8, 4) is 17.2 Å². The van der Waals surface area contributed by atoms with Crippen LogP contribution >= 0.6 is 0 Å².